The number of anilines is 1. The summed E-state index contributed by atoms with van der Waals surface area (Å²) >= 11 is 6.08. The van der Waals surface area contributed by atoms with Gasteiger partial charge in [0.05, 0.1) is 6.54 Å². The molecule has 7 nitrogen and oxygen atoms in total. The van der Waals surface area contributed by atoms with Crippen LogP contribution in [-0.4, -0.2) is 19.1 Å². The zero-order chi connectivity index (χ0) is 19.6. The van der Waals surface area contributed by atoms with E-state index >= 15 is 0 Å². The number of aromatic amines is 1. The third-order valence-corrected chi connectivity index (χ3v) is 4.89. The molecule has 1 aromatic carbocycles. The fourth-order valence-electron chi connectivity index (χ4n) is 3.18. The molecule has 3 rings (SSSR count). The Kier molecular flexibility index (Phi) is 5.70. The fourth-order valence-corrected chi connectivity index (χ4v) is 3.35. The maximum Gasteiger partial charge on any atom is 0.330 e. The molecule has 0 bridgehead atoms. The van der Waals surface area contributed by atoms with E-state index in [4.69, 9.17) is 11.6 Å². The minimum atomic E-state index is -0.410. The number of rotatable bonds is 7. The summed E-state index contributed by atoms with van der Waals surface area (Å²) in [4.78, 5) is 31.7. The van der Waals surface area contributed by atoms with Crippen molar-refractivity contribution >= 4 is 28.5 Å². The molecule has 0 saturated heterocycles. The van der Waals surface area contributed by atoms with Crippen LogP contribution in [0.5, 0.6) is 0 Å². The highest BCUT2D eigenvalue weighted by Gasteiger charge is 2.17. The van der Waals surface area contributed by atoms with Gasteiger partial charge in [-0.2, -0.15) is 0 Å². The predicted octanol–water partition coefficient (Wildman–Crippen LogP) is 3.28. The van der Waals surface area contributed by atoms with Crippen molar-refractivity contribution in [3.05, 3.63) is 55.4 Å². The predicted molar refractivity (Wildman–Crippen MR) is 109 cm³/mol. The molecule has 27 heavy (non-hydrogen) atoms. The quantitative estimate of drug-likeness (QED) is 0.649. The van der Waals surface area contributed by atoms with E-state index in [-0.39, 0.29) is 0 Å². The van der Waals surface area contributed by atoms with E-state index in [1.165, 1.54) is 0 Å². The first-order chi connectivity index (χ1) is 13.0. The standard InChI is InChI=1S/C19H24ClN5O2/c1-4-6-9-25-17-16(18(26)23-19(25)27)24(5-2)15(22-17)11-21-14-10-13(20)8-7-12(14)3/h7-8,10,21H,4-6,9,11H2,1-3H3,(H,23,26,27). The third kappa shape index (κ3) is 3.78. The van der Waals surface area contributed by atoms with Crippen molar-refractivity contribution in [2.75, 3.05) is 5.32 Å². The number of nitrogens with one attached hydrogen (secondary N) is 2. The molecule has 2 aromatic heterocycles. The van der Waals surface area contributed by atoms with Crippen LogP contribution >= 0.6 is 11.6 Å². The Morgan fingerprint density at radius 2 is 2.00 bits per heavy atom. The van der Waals surface area contributed by atoms with Gasteiger partial charge in [0, 0.05) is 23.8 Å². The number of unbranched alkanes of at least 4 members (excludes halogenated alkanes) is 1. The number of imidazole rings is 1. The number of nitrogens with zero attached hydrogens (tertiary/aromatic N) is 3. The van der Waals surface area contributed by atoms with E-state index in [1.807, 2.05) is 36.6 Å². The summed E-state index contributed by atoms with van der Waals surface area (Å²) in [6.07, 6.45) is 1.79. The van der Waals surface area contributed by atoms with Gasteiger partial charge >= 0.3 is 5.69 Å². The lowest BCUT2D eigenvalue weighted by Gasteiger charge is -2.11. The molecule has 0 radical (unpaired) electrons. The van der Waals surface area contributed by atoms with Crippen LogP contribution in [0.2, 0.25) is 5.02 Å². The zero-order valence-corrected chi connectivity index (χ0v) is 16.6. The molecule has 144 valence electrons. The maximum absolute atomic E-state index is 12.4. The van der Waals surface area contributed by atoms with Crippen molar-refractivity contribution in [3.8, 4) is 0 Å². The molecular weight excluding hydrogens is 366 g/mol. The summed E-state index contributed by atoms with van der Waals surface area (Å²) in [6, 6.07) is 5.65. The van der Waals surface area contributed by atoms with Crippen molar-refractivity contribution in [2.24, 2.45) is 0 Å². The number of hydrogen-bond acceptors (Lipinski definition) is 4. The number of halogens is 1. The minimum Gasteiger partial charge on any atom is -0.378 e. The number of hydrogen-bond donors (Lipinski definition) is 2. The number of H-pyrrole nitrogens is 1. The normalized spacial score (nSPS) is 11.3. The average Bonchev–Trinajstić information content (AvgIpc) is 3.01. The lowest BCUT2D eigenvalue weighted by atomic mass is 10.2. The molecule has 0 saturated carbocycles. The van der Waals surface area contributed by atoms with Gasteiger partial charge < -0.3 is 9.88 Å². The van der Waals surface area contributed by atoms with Gasteiger partial charge in [0.25, 0.3) is 5.56 Å². The number of benzene rings is 1. The van der Waals surface area contributed by atoms with Crippen LogP contribution in [0.3, 0.4) is 0 Å². The summed E-state index contributed by atoms with van der Waals surface area (Å²) in [5.74, 6) is 0.702. The molecule has 8 heteroatoms. The highest BCUT2D eigenvalue weighted by Crippen LogP contribution is 2.21. The molecule has 0 aliphatic carbocycles. The van der Waals surface area contributed by atoms with E-state index < -0.39 is 11.2 Å². The van der Waals surface area contributed by atoms with Gasteiger partial charge in [-0.25, -0.2) is 9.78 Å². The molecule has 3 aromatic rings. The summed E-state index contributed by atoms with van der Waals surface area (Å²) in [6.45, 7) is 7.54. The Balaban J connectivity index is 2.05. The third-order valence-electron chi connectivity index (χ3n) is 4.65. The number of fused-ring (bicyclic) bond motifs is 1. The van der Waals surface area contributed by atoms with Gasteiger partial charge in [-0.1, -0.05) is 31.0 Å². The van der Waals surface area contributed by atoms with E-state index in [2.05, 4.69) is 22.2 Å². The molecule has 0 atom stereocenters. The van der Waals surface area contributed by atoms with Gasteiger partial charge in [-0.15, -0.1) is 0 Å². The summed E-state index contributed by atoms with van der Waals surface area (Å²) in [7, 11) is 0. The molecule has 0 fully saturated rings. The fraction of sp³-hybridized carbons (Fsp3) is 0.421. The topological polar surface area (TPSA) is 84.7 Å². The van der Waals surface area contributed by atoms with Crippen LogP contribution in [-0.2, 0) is 19.6 Å². The lowest BCUT2D eigenvalue weighted by Crippen LogP contribution is -2.31. The van der Waals surface area contributed by atoms with E-state index in [1.54, 1.807) is 4.57 Å². The summed E-state index contributed by atoms with van der Waals surface area (Å²) in [5, 5.41) is 3.98. The molecule has 2 N–H and O–H groups in total. The van der Waals surface area contributed by atoms with Gasteiger partial charge in [0.15, 0.2) is 11.2 Å². The minimum absolute atomic E-state index is 0.401. The first-order valence-electron chi connectivity index (χ1n) is 9.18. The molecule has 0 aliphatic rings. The molecule has 0 spiro atoms. The van der Waals surface area contributed by atoms with Gasteiger partial charge in [0.2, 0.25) is 0 Å². The van der Waals surface area contributed by atoms with Gasteiger partial charge in [-0.05, 0) is 38.0 Å². The molecular formula is C19H24ClN5O2. The highest BCUT2D eigenvalue weighted by molar-refractivity contribution is 6.30. The Bertz CT molecular complexity index is 1080. The Morgan fingerprint density at radius 3 is 2.70 bits per heavy atom. The SMILES string of the molecule is CCCCn1c(=O)[nH]c(=O)c2c1nc(CNc1cc(Cl)ccc1C)n2CC. The van der Waals surface area contributed by atoms with Crippen LogP contribution in [0.4, 0.5) is 5.69 Å². The smallest absolute Gasteiger partial charge is 0.330 e. The average molecular weight is 390 g/mol. The van der Waals surface area contributed by atoms with Gasteiger partial charge in [-0.3, -0.25) is 14.3 Å². The zero-order valence-electron chi connectivity index (χ0n) is 15.8. The van der Waals surface area contributed by atoms with Crippen molar-refractivity contribution in [1.82, 2.24) is 19.1 Å². The maximum atomic E-state index is 12.4. The van der Waals surface area contributed by atoms with Crippen LogP contribution in [0.25, 0.3) is 11.2 Å². The molecule has 0 amide bonds. The Labute approximate surface area is 162 Å². The van der Waals surface area contributed by atoms with Crippen LogP contribution < -0.4 is 16.6 Å². The Hall–Kier alpha value is -2.54. The lowest BCUT2D eigenvalue weighted by molar-refractivity contribution is 0.613. The van der Waals surface area contributed by atoms with E-state index in [9.17, 15) is 9.59 Å². The van der Waals surface area contributed by atoms with Crippen molar-refractivity contribution in [1.29, 1.82) is 0 Å². The summed E-state index contributed by atoms with van der Waals surface area (Å²) in [5.41, 5.74) is 2.05. The number of aromatic nitrogens is 4. The second-order valence-electron chi connectivity index (χ2n) is 6.52. The molecule has 0 unspecified atom stereocenters. The van der Waals surface area contributed by atoms with Crippen molar-refractivity contribution in [2.45, 2.75) is 53.2 Å². The van der Waals surface area contributed by atoms with Crippen LogP contribution in [0, 0.1) is 6.92 Å². The highest BCUT2D eigenvalue weighted by atomic mass is 35.5. The van der Waals surface area contributed by atoms with Gasteiger partial charge in [0.1, 0.15) is 5.82 Å². The largest absolute Gasteiger partial charge is 0.378 e. The second kappa shape index (κ2) is 8.00. The molecule has 2 heterocycles. The van der Waals surface area contributed by atoms with Crippen molar-refractivity contribution < 1.29 is 0 Å². The second-order valence-corrected chi connectivity index (χ2v) is 6.96. The Morgan fingerprint density at radius 1 is 1.22 bits per heavy atom. The van der Waals surface area contributed by atoms with Crippen LogP contribution in [0.15, 0.2) is 27.8 Å². The van der Waals surface area contributed by atoms with E-state index in [0.29, 0.717) is 41.6 Å². The first-order valence-corrected chi connectivity index (χ1v) is 9.56. The van der Waals surface area contributed by atoms with E-state index in [0.717, 1.165) is 24.1 Å². The summed E-state index contributed by atoms with van der Waals surface area (Å²) < 4.78 is 3.41. The monoisotopic (exact) mass is 389 g/mol. The van der Waals surface area contributed by atoms with Crippen molar-refractivity contribution in [3.63, 3.8) is 0 Å². The molecule has 0 aliphatic heterocycles. The number of aryl methyl sites for hydroxylation is 3. The first kappa shape index (κ1) is 19.2. The van der Waals surface area contributed by atoms with Crippen LogP contribution in [0.1, 0.15) is 38.1 Å².